The van der Waals surface area contributed by atoms with Gasteiger partial charge in [-0.25, -0.2) is 0 Å². The van der Waals surface area contributed by atoms with Gasteiger partial charge in [-0.1, -0.05) is 6.92 Å². The minimum Gasteiger partial charge on any atom is -0.384 e. The van der Waals surface area contributed by atoms with Gasteiger partial charge in [-0.2, -0.15) is 0 Å². The van der Waals surface area contributed by atoms with E-state index in [4.69, 9.17) is 10.5 Å². The second-order valence-electron chi connectivity index (χ2n) is 2.91. The molecule has 64 valence electrons. The number of nitrogens with two attached hydrogens (primary N) is 1. The third-order valence-electron chi connectivity index (χ3n) is 1.91. The predicted molar refractivity (Wildman–Crippen MR) is 44.5 cm³/mol. The Kier molecular flexibility index (Phi) is 2.70. The van der Waals surface area contributed by atoms with Crippen LogP contribution >= 0.6 is 0 Å². The van der Waals surface area contributed by atoms with Crippen molar-refractivity contribution in [2.24, 2.45) is 16.6 Å². The summed E-state index contributed by atoms with van der Waals surface area (Å²) >= 11 is 0. The van der Waals surface area contributed by atoms with Crippen LogP contribution in [0.3, 0.4) is 0 Å². The molecule has 0 aromatic rings. The molecule has 0 radical (unpaired) electrons. The van der Waals surface area contributed by atoms with E-state index in [1.807, 2.05) is 0 Å². The van der Waals surface area contributed by atoms with Crippen LogP contribution in [0.4, 0.5) is 0 Å². The van der Waals surface area contributed by atoms with E-state index in [0.29, 0.717) is 17.9 Å². The second-order valence-corrected chi connectivity index (χ2v) is 2.91. The molecule has 1 aliphatic rings. The second kappa shape index (κ2) is 3.57. The molecular weight excluding hydrogens is 142 g/mol. The van der Waals surface area contributed by atoms with E-state index in [2.05, 4.69) is 17.2 Å². The molecule has 0 spiro atoms. The number of guanidine groups is 1. The first-order chi connectivity index (χ1) is 5.24. The van der Waals surface area contributed by atoms with E-state index in [0.717, 1.165) is 13.2 Å². The normalized spacial score (nSPS) is 26.0. The molecule has 0 bridgehead atoms. The van der Waals surface area contributed by atoms with Crippen LogP contribution in [0.2, 0.25) is 0 Å². The van der Waals surface area contributed by atoms with Crippen molar-refractivity contribution >= 4 is 5.96 Å². The number of nitrogens with one attached hydrogen (secondary N) is 1. The van der Waals surface area contributed by atoms with Gasteiger partial charge in [0.15, 0.2) is 5.96 Å². The van der Waals surface area contributed by atoms with Gasteiger partial charge in [0.2, 0.25) is 0 Å². The molecule has 0 saturated carbocycles. The summed E-state index contributed by atoms with van der Waals surface area (Å²) in [7, 11) is 1.70. The summed E-state index contributed by atoms with van der Waals surface area (Å²) in [6.07, 6.45) is 0. The van der Waals surface area contributed by atoms with Crippen LogP contribution in [-0.4, -0.2) is 32.3 Å². The average Bonchev–Trinajstić information content (AvgIpc) is 2.36. The molecule has 2 atom stereocenters. The van der Waals surface area contributed by atoms with Gasteiger partial charge in [-0.3, -0.25) is 4.99 Å². The standard InChI is InChI=1S/C7H15N3O/c1-5(4-11-2)6-3-9-7(8)10-6/h5-6H,3-4H2,1-2H3,(H3,8,9,10). The fraction of sp³-hybridized carbons (Fsp3) is 0.857. The summed E-state index contributed by atoms with van der Waals surface area (Å²) in [5.74, 6) is 1.02. The SMILES string of the molecule is COCC(C)C1CN=C(N)N1. The Hall–Kier alpha value is -0.770. The highest BCUT2D eigenvalue weighted by molar-refractivity contribution is 5.79. The van der Waals surface area contributed by atoms with E-state index >= 15 is 0 Å². The fourth-order valence-corrected chi connectivity index (χ4v) is 1.18. The maximum Gasteiger partial charge on any atom is 0.188 e. The number of rotatable bonds is 3. The van der Waals surface area contributed by atoms with E-state index in [1.165, 1.54) is 0 Å². The zero-order chi connectivity index (χ0) is 8.27. The van der Waals surface area contributed by atoms with Crippen molar-refractivity contribution in [3.05, 3.63) is 0 Å². The number of aliphatic imine (C=N–C) groups is 1. The average molecular weight is 157 g/mol. The molecule has 4 nitrogen and oxygen atoms in total. The Bertz CT molecular complexity index is 158. The minimum absolute atomic E-state index is 0.356. The highest BCUT2D eigenvalue weighted by atomic mass is 16.5. The Labute approximate surface area is 66.8 Å². The summed E-state index contributed by atoms with van der Waals surface area (Å²) in [6, 6.07) is 0.356. The van der Waals surface area contributed by atoms with Crippen molar-refractivity contribution in [2.45, 2.75) is 13.0 Å². The van der Waals surface area contributed by atoms with Crippen LogP contribution in [-0.2, 0) is 4.74 Å². The third kappa shape index (κ3) is 2.08. The maximum absolute atomic E-state index is 5.46. The van der Waals surface area contributed by atoms with Gasteiger partial charge in [0.25, 0.3) is 0 Å². The molecular formula is C7H15N3O. The van der Waals surface area contributed by atoms with Crippen LogP contribution in [0.25, 0.3) is 0 Å². The molecule has 1 aliphatic heterocycles. The molecule has 2 unspecified atom stereocenters. The lowest BCUT2D eigenvalue weighted by molar-refractivity contribution is 0.146. The van der Waals surface area contributed by atoms with Crippen molar-refractivity contribution in [1.82, 2.24) is 5.32 Å². The summed E-state index contributed by atoms with van der Waals surface area (Å²) in [5.41, 5.74) is 5.46. The van der Waals surface area contributed by atoms with Crippen molar-refractivity contribution in [1.29, 1.82) is 0 Å². The summed E-state index contributed by atoms with van der Waals surface area (Å²) in [4.78, 5) is 4.05. The van der Waals surface area contributed by atoms with E-state index < -0.39 is 0 Å². The summed E-state index contributed by atoms with van der Waals surface area (Å²) < 4.78 is 5.02. The van der Waals surface area contributed by atoms with Crippen molar-refractivity contribution in [3.8, 4) is 0 Å². The van der Waals surface area contributed by atoms with Gasteiger partial charge in [0, 0.05) is 13.0 Å². The fourth-order valence-electron chi connectivity index (χ4n) is 1.18. The molecule has 0 fully saturated rings. The van der Waals surface area contributed by atoms with Crippen LogP contribution in [0, 0.1) is 5.92 Å². The molecule has 4 heteroatoms. The molecule has 0 aliphatic carbocycles. The number of nitrogens with zero attached hydrogens (tertiary/aromatic N) is 1. The quantitative estimate of drug-likeness (QED) is 0.583. The van der Waals surface area contributed by atoms with Crippen LogP contribution in [0.5, 0.6) is 0 Å². The van der Waals surface area contributed by atoms with Crippen LogP contribution < -0.4 is 11.1 Å². The highest BCUT2D eigenvalue weighted by Crippen LogP contribution is 2.06. The van der Waals surface area contributed by atoms with Gasteiger partial charge in [-0.05, 0) is 0 Å². The molecule has 1 rings (SSSR count). The molecule has 11 heavy (non-hydrogen) atoms. The van der Waals surface area contributed by atoms with Gasteiger partial charge in [-0.15, -0.1) is 0 Å². The first kappa shape index (κ1) is 8.33. The molecule has 3 N–H and O–H groups in total. The number of hydrogen-bond donors (Lipinski definition) is 2. The van der Waals surface area contributed by atoms with Crippen molar-refractivity contribution in [3.63, 3.8) is 0 Å². The third-order valence-corrected chi connectivity index (χ3v) is 1.91. The van der Waals surface area contributed by atoms with Crippen molar-refractivity contribution in [2.75, 3.05) is 20.3 Å². The van der Waals surface area contributed by atoms with Gasteiger partial charge >= 0.3 is 0 Å². The molecule has 0 amide bonds. The van der Waals surface area contributed by atoms with Gasteiger partial charge in [0.05, 0.1) is 19.2 Å². The van der Waals surface area contributed by atoms with E-state index in [-0.39, 0.29) is 0 Å². The van der Waals surface area contributed by atoms with Crippen LogP contribution in [0.1, 0.15) is 6.92 Å². The molecule has 1 heterocycles. The zero-order valence-electron chi connectivity index (χ0n) is 7.00. The Morgan fingerprint density at radius 1 is 1.91 bits per heavy atom. The highest BCUT2D eigenvalue weighted by Gasteiger charge is 2.21. The lowest BCUT2D eigenvalue weighted by Gasteiger charge is -2.17. The Morgan fingerprint density at radius 3 is 3.09 bits per heavy atom. The number of hydrogen-bond acceptors (Lipinski definition) is 4. The topological polar surface area (TPSA) is 59.6 Å². The van der Waals surface area contributed by atoms with E-state index in [9.17, 15) is 0 Å². The van der Waals surface area contributed by atoms with Gasteiger partial charge < -0.3 is 15.8 Å². The van der Waals surface area contributed by atoms with Crippen molar-refractivity contribution < 1.29 is 4.74 Å². The monoisotopic (exact) mass is 157 g/mol. The molecule has 0 aromatic heterocycles. The summed E-state index contributed by atoms with van der Waals surface area (Å²) in [5, 5.41) is 3.09. The minimum atomic E-state index is 0.356. The van der Waals surface area contributed by atoms with Gasteiger partial charge in [0.1, 0.15) is 0 Å². The molecule has 0 saturated heterocycles. The smallest absolute Gasteiger partial charge is 0.188 e. The number of ether oxygens (including phenoxy) is 1. The molecule has 0 aromatic carbocycles. The van der Waals surface area contributed by atoms with E-state index in [1.54, 1.807) is 7.11 Å². The summed E-state index contributed by atoms with van der Waals surface area (Å²) in [6.45, 7) is 3.64. The lowest BCUT2D eigenvalue weighted by atomic mass is 10.0. The zero-order valence-corrected chi connectivity index (χ0v) is 7.00. The largest absolute Gasteiger partial charge is 0.384 e. The number of methoxy groups -OCH3 is 1. The Morgan fingerprint density at radius 2 is 2.64 bits per heavy atom. The predicted octanol–water partition coefficient (Wildman–Crippen LogP) is -0.445. The maximum atomic E-state index is 5.46. The Balaban J connectivity index is 2.28. The lowest BCUT2D eigenvalue weighted by Crippen LogP contribution is -2.40. The van der Waals surface area contributed by atoms with Crippen LogP contribution in [0.15, 0.2) is 4.99 Å². The first-order valence-electron chi connectivity index (χ1n) is 3.79. The first-order valence-corrected chi connectivity index (χ1v) is 3.79.